The molecule has 0 aromatic carbocycles. The van der Waals surface area contributed by atoms with Crippen LogP contribution < -0.4 is 0 Å². The topological polar surface area (TPSA) is 18.5 Å². The van der Waals surface area contributed by atoms with E-state index in [1.54, 1.807) is 0 Å². The van der Waals surface area contributed by atoms with Gasteiger partial charge in [-0.1, -0.05) is 12.2 Å². The molecule has 0 aromatic rings. The third kappa shape index (κ3) is 1.39. The van der Waals surface area contributed by atoms with Gasteiger partial charge in [-0.2, -0.15) is 0 Å². The van der Waals surface area contributed by atoms with Crippen molar-refractivity contribution in [3.8, 4) is 0 Å². The Labute approximate surface area is 71.4 Å². The van der Waals surface area contributed by atoms with Crippen molar-refractivity contribution < 1.29 is 13.9 Å². The van der Waals surface area contributed by atoms with Crippen LogP contribution >= 0.6 is 0 Å². The first kappa shape index (κ1) is 8.20. The van der Waals surface area contributed by atoms with Crippen molar-refractivity contribution in [2.45, 2.75) is 31.2 Å². The van der Waals surface area contributed by atoms with Crippen LogP contribution in [0.2, 0.25) is 0 Å². The van der Waals surface area contributed by atoms with Crippen LogP contribution in [-0.4, -0.2) is 31.6 Å². The molecule has 0 aromatic heterocycles. The van der Waals surface area contributed by atoms with Gasteiger partial charge in [-0.3, -0.25) is 0 Å². The van der Waals surface area contributed by atoms with Crippen molar-refractivity contribution in [3.63, 3.8) is 0 Å². The summed E-state index contributed by atoms with van der Waals surface area (Å²) in [5.74, 6) is 0. The summed E-state index contributed by atoms with van der Waals surface area (Å²) in [6, 6.07) is 0. The summed E-state index contributed by atoms with van der Waals surface area (Å²) >= 11 is 0. The van der Waals surface area contributed by atoms with Crippen LogP contribution in [0.3, 0.4) is 0 Å². The third-order valence-electron chi connectivity index (χ3n) is 2.42. The Morgan fingerprint density at radius 3 is 2.83 bits per heavy atom. The zero-order valence-corrected chi connectivity index (χ0v) is 6.96. The summed E-state index contributed by atoms with van der Waals surface area (Å²) in [6.07, 6.45) is -0.161. The van der Waals surface area contributed by atoms with Crippen LogP contribution in [0, 0.1) is 0 Å². The van der Waals surface area contributed by atoms with Gasteiger partial charge in [0.25, 0.3) is 0 Å². The van der Waals surface area contributed by atoms with Crippen molar-refractivity contribution in [1.82, 2.24) is 0 Å². The smallest absolute Gasteiger partial charge is 0.132 e. The van der Waals surface area contributed by atoms with Gasteiger partial charge in [0.05, 0.1) is 19.3 Å². The van der Waals surface area contributed by atoms with E-state index in [4.69, 9.17) is 9.47 Å². The van der Waals surface area contributed by atoms with Gasteiger partial charge in [0, 0.05) is 6.42 Å². The first-order valence-electron chi connectivity index (χ1n) is 4.31. The van der Waals surface area contributed by atoms with Crippen molar-refractivity contribution in [2.24, 2.45) is 0 Å². The van der Waals surface area contributed by atoms with E-state index in [1.165, 1.54) is 0 Å². The van der Waals surface area contributed by atoms with E-state index in [-0.39, 0.29) is 12.2 Å². The molecule has 2 rings (SSSR count). The van der Waals surface area contributed by atoms with Gasteiger partial charge in [0.15, 0.2) is 0 Å². The van der Waals surface area contributed by atoms with Crippen molar-refractivity contribution in [2.75, 3.05) is 13.2 Å². The number of rotatable bonds is 0. The summed E-state index contributed by atoms with van der Waals surface area (Å²) in [5, 5.41) is 0. The monoisotopic (exact) mass is 172 g/mol. The number of hydrogen-bond donors (Lipinski definition) is 0. The highest BCUT2D eigenvalue weighted by molar-refractivity contribution is 5.07. The molecule has 1 aliphatic heterocycles. The standard InChI is InChI=1S/C9H13FO2/c1-6-4-7(10)9-8(5-6)11-2-3-12-9/h7-9H,1-5H2. The predicted octanol–water partition coefficient (Wildman–Crippen LogP) is 1.46. The predicted molar refractivity (Wildman–Crippen MR) is 42.8 cm³/mol. The average Bonchev–Trinajstić information content (AvgIpc) is 2.04. The summed E-state index contributed by atoms with van der Waals surface area (Å²) < 4.78 is 24.0. The lowest BCUT2D eigenvalue weighted by atomic mass is 9.89. The molecular formula is C9H13FO2. The molecule has 0 amide bonds. The lowest BCUT2D eigenvalue weighted by Gasteiger charge is -2.38. The van der Waals surface area contributed by atoms with E-state index in [1.807, 2.05) is 0 Å². The van der Waals surface area contributed by atoms with Crippen LogP contribution in [0.5, 0.6) is 0 Å². The third-order valence-corrected chi connectivity index (χ3v) is 2.42. The highest BCUT2D eigenvalue weighted by Crippen LogP contribution is 2.31. The average molecular weight is 172 g/mol. The fourth-order valence-corrected chi connectivity index (χ4v) is 1.86. The molecule has 0 spiro atoms. The molecule has 3 atom stereocenters. The minimum Gasteiger partial charge on any atom is -0.373 e. The van der Waals surface area contributed by atoms with Gasteiger partial charge >= 0.3 is 0 Å². The Kier molecular flexibility index (Phi) is 2.15. The van der Waals surface area contributed by atoms with E-state index < -0.39 is 6.17 Å². The van der Waals surface area contributed by atoms with Crippen molar-refractivity contribution >= 4 is 0 Å². The SMILES string of the molecule is C=C1CC(F)C2OCCOC2C1. The summed E-state index contributed by atoms with van der Waals surface area (Å²) in [5.41, 5.74) is 0.939. The Bertz CT molecular complexity index is 193. The number of hydrogen-bond acceptors (Lipinski definition) is 2. The molecule has 2 nitrogen and oxygen atoms in total. The largest absolute Gasteiger partial charge is 0.373 e. The van der Waals surface area contributed by atoms with Gasteiger partial charge < -0.3 is 9.47 Å². The molecular weight excluding hydrogens is 159 g/mol. The Balaban J connectivity index is 2.06. The maximum Gasteiger partial charge on any atom is 0.132 e. The number of ether oxygens (including phenoxy) is 2. The molecule has 3 unspecified atom stereocenters. The number of halogens is 1. The fraction of sp³-hybridized carbons (Fsp3) is 0.778. The quantitative estimate of drug-likeness (QED) is 0.515. The molecule has 3 heteroatoms. The molecule has 1 saturated carbocycles. The molecule has 68 valence electrons. The Hall–Kier alpha value is -0.410. The highest BCUT2D eigenvalue weighted by Gasteiger charge is 2.38. The lowest BCUT2D eigenvalue weighted by molar-refractivity contribution is -0.169. The zero-order valence-electron chi connectivity index (χ0n) is 6.96. The first-order valence-corrected chi connectivity index (χ1v) is 4.31. The minimum absolute atomic E-state index is 0.0880. The lowest BCUT2D eigenvalue weighted by Crippen LogP contribution is -2.47. The molecule has 0 radical (unpaired) electrons. The van der Waals surface area contributed by atoms with E-state index in [0.29, 0.717) is 19.6 Å². The van der Waals surface area contributed by atoms with Crippen molar-refractivity contribution in [3.05, 3.63) is 12.2 Å². The molecule has 1 saturated heterocycles. The number of alkyl halides is 1. The maximum atomic E-state index is 13.3. The van der Waals surface area contributed by atoms with Crippen LogP contribution in [0.4, 0.5) is 4.39 Å². The van der Waals surface area contributed by atoms with Gasteiger partial charge in [0.2, 0.25) is 0 Å². The van der Waals surface area contributed by atoms with E-state index in [9.17, 15) is 4.39 Å². The number of fused-ring (bicyclic) bond motifs is 1. The summed E-state index contributed by atoms with van der Waals surface area (Å²) in [4.78, 5) is 0. The second-order valence-corrected chi connectivity index (χ2v) is 3.42. The van der Waals surface area contributed by atoms with Gasteiger partial charge in [-0.05, 0) is 6.42 Å². The molecule has 1 aliphatic carbocycles. The zero-order chi connectivity index (χ0) is 8.55. The minimum atomic E-state index is -0.920. The van der Waals surface area contributed by atoms with Crippen molar-refractivity contribution in [1.29, 1.82) is 0 Å². The molecule has 0 N–H and O–H groups in total. The molecule has 0 bridgehead atoms. The van der Waals surface area contributed by atoms with E-state index in [2.05, 4.69) is 6.58 Å². The van der Waals surface area contributed by atoms with E-state index >= 15 is 0 Å². The molecule has 2 aliphatic rings. The van der Waals surface area contributed by atoms with Gasteiger partial charge in [0.1, 0.15) is 12.3 Å². The van der Waals surface area contributed by atoms with Gasteiger partial charge in [-0.25, -0.2) is 4.39 Å². The molecule has 2 fully saturated rings. The fourth-order valence-electron chi connectivity index (χ4n) is 1.86. The summed E-state index contributed by atoms with van der Waals surface area (Å²) in [7, 11) is 0. The second kappa shape index (κ2) is 3.15. The van der Waals surface area contributed by atoms with Gasteiger partial charge in [-0.15, -0.1) is 0 Å². The van der Waals surface area contributed by atoms with Crippen LogP contribution in [0.25, 0.3) is 0 Å². The van der Waals surface area contributed by atoms with E-state index in [0.717, 1.165) is 12.0 Å². The van der Waals surface area contributed by atoms with Crippen LogP contribution in [-0.2, 0) is 9.47 Å². The maximum absolute atomic E-state index is 13.3. The normalized spacial score (nSPS) is 42.4. The highest BCUT2D eigenvalue weighted by atomic mass is 19.1. The van der Waals surface area contributed by atoms with Crippen LogP contribution in [0.15, 0.2) is 12.2 Å². The second-order valence-electron chi connectivity index (χ2n) is 3.42. The molecule has 1 heterocycles. The molecule has 12 heavy (non-hydrogen) atoms. The first-order chi connectivity index (χ1) is 5.77. The van der Waals surface area contributed by atoms with Crippen LogP contribution in [0.1, 0.15) is 12.8 Å². The Morgan fingerprint density at radius 2 is 2.00 bits per heavy atom. The Morgan fingerprint density at radius 1 is 1.25 bits per heavy atom. The summed E-state index contributed by atoms with van der Waals surface area (Å²) in [6.45, 7) is 4.89.